The molecule has 4 heterocycles. The Bertz CT molecular complexity index is 1670. The number of benzene rings is 2. The summed E-state index contributed by atoms with van der Waals surface area (Å²) in [6, 6.07) is 11.0. The minimum absolute atomic E-state index is 0. The Kier molecular flexibility index (Phi) is 7.20. The van der Waals surface area contributed by atoms with E-state index < -0.39 is 29.1 Å². The lowest BCUT2D eigenvalue weighted by atomic mass is 9.83. The van der Waals surface area contributed by atoms with Gasteiger partial charge in [0.15, 0.2) is 5.78 Å². The minimum Gasteiger partial charge on any atom is -0.483 e. The molecule has 0 spiro atoms. The van der Waals surface area contributed by atoms with E-state index in [2.05, 4.69) is 4.90 Å². The van der Waals surface area contributed by atoms with E-state index in [-0.39, 0.29) is 24.7 Å². The lowest BCUT2D eigenvalue weighted by molar-refractivity contribution is 0.101. The van der Waals surface area contributed by atoms with Gasteiger partial charge >= 0.3 is 17.5 Å². The topological polar surface area (TPSA) is 108 Å². The van der Waals surface area contributed by atoms with Crippen molar-refractivity contribution >= 4 is 24.3 Å². The third kappa shape index (κ3) is 4.78. The van der Waals surface area contributed by atoms with Crippen LogP contribution in [0.2, 0.25) is 0 Å². The fourth-order valence-corrected chi connectivity index (χ4v) is 5.66. The van der Waals surface area contributed by atoms with Crippen LogP contribution in [0, 0.1) is 0 Å². The van der Waals surface area contributed by atoms with Crippen LogP contribution in [0.4, 0.5) is 4.79 Å². The number of halogens is 1. The molecule has 3 aliphatic rings. The van der Waals surface area contributed by atoms with Crippen LogP contribution in [0.5, 0.6) is 11.5 Å². The van der Waals surface area contributed by atoms with Crippen molar-refractivity contribution in [2.75, 3.05) is 33.2 Å². The Labute approximate surface area is 242 Å². The van der Waals surface area contributed by atoms with E-state index >= 15 is 0 Å². The number of likely N-dealkylation sites (N-methyl/N-ethyl adjacent to an activating group) is 1. The van der Waals surface area contributed by atoms with E-state index in [0.29, 0.717) is 41.4 Å². The molecule has 1 aromatic heterocycles. The molecule has 0 saturated carbocycles. The van der Waals surface area contributed by atoms with Gasteiger partial charge in [0.05, 0.1) is 12.2 Å². The number of carbonyl (C=O) groups excluding carboxylic acids is 2. The highest BCUT2D eigenvalue weighted by Crippen LogP contribution is 2.47. The molecule has 1 amide bonds. The quantitative estimate of drug-likeness (QED) is 0.346. The predicted octanol–water partition coefficient (Wildman–Crippen LogP) is 2.87. The van der Waals surface area contributed by atoms with Crippen molar-refractivity contribution in [1.82, 2.24) is 23.7 Å². The fourth-order valence-electron chi connectivity index (χ4n) is 5.66. The van der Waals surface area contributed by atoms with Crippen molar-refractivity contribution in [2.24, 2.45) is 0 Å². The summed E-state index contributed by atoms with van der Waals surface area (Å²) < 4.78 is 16.0. The summed E-state index contributed by atoms with van der Waals surface area (Å²) >= 11 is 0. The molecule has 12 heteroatoms. The summed E-state index contributed by atoms with van der Waals surface area (Å²) in [5.74, 6) is 0.715. The SMILES string of the molecule is CC(=O)c1ccc(-n2c(=O)n3n(c2=O)C2C(=CC3)C(C)(C)Oc3cc(OC(=O)N4CCN(C)CC4)ccc32)cc1.Cl. The van der Waals surface area contributed by atoms with E-state index in [1.807, 2.05) is 27.0 Å². The second-order valence-corrected chi connectivity index (χ2v) is 11.0. The number of rotatable bonds is 3. The van der Waals surface area contributed by atoms with Crippen LogP contribution in [0.1, 0.15) is 42.7 Å². The zero-order valence-corrected chi connectivity index (χ0v) is 24.1. The maximum Gasteiger partial charge on any atom is 0.415 e. The second-order valence-electron chi connectivity index (χ2n) is 11.0. The summed E-state index contributed by atoms with van der Waals surface area (Å²) in [7, 11) is 2.02. The highest BCUT2D eigenvalue weighted by atomic mass is 35.5. The zero-order chi connectivity index (χ0) is 28.3. The smallest absolute Gasteiger partial charge is 0.415 e. The maximum atomic E-state index is 13.8. The molecule has 41 heavy (non-hydrogen) atoms. The Morgan fingerprint density at radius 3 is 2.32 bits per heavy atom. The number of carbonyl (C=O) groups is 2. The number of allylic oxidation sites excluding steroid dienone is 1. The number of hydrogen-bond acceptors (Lipinski definition) is 7. The molecule has 0 bridgehead atoms. The van der Waals surface area contributed by atoms with Gasteiger partial charge < -0.3 is 19.3 Å². The zero-order valence-electron chi connectivity index (χ0n) is 23.3. The molecule has 1 unspecified atom stereocenters. The molecule has 2 aromatic carbocycles. The molecule has 1 atom stereocenters. The first kappa shape index (κ1) is 28.4. The molecule has 216 valence electrons. The van der Waals surface area contributed by atoms with Crippen LogP contribution in [-0.4, -0.2) is 74.4 Å². The van der Waals surface area contributed by atoms with Crippen molar-refractivity contribution in [1.29, 1.82) is 0 Å². The number of aromatic nitrogens is 3. The molecule has 0 N–H and O–H groups in total. The highest BCUT2D eigenvalue weighted by Gasteiger charge is 2.44. The van der Waals surface area contributed by atoms with Crippen LogP contribution in [-0.2, 0) is 6.54 Å². The Morgan fingerprint density at radius 2 is 1.66 bits per heavy atom. The number of piperazine rings is 1. The van der Waals surface area contributed by atoms with Crippen LogP contribution in [0.15, 0.2) is 63.7 Å². The van der Waals surface area contributed by atoms with Gasteiger partial charge in [-0.05, 0) is 69.8 Å². The molecular formula is C29H32ClN5O6. The van der Waals surface area contributed by atoms with E-state index in [1.165, 1.54) is 16.3 Å². The number of Topliss-reactive ketones (excluding diaryl/α,β-unsaturated/α-hetero) is 1. The predicted molar refractivity (Wildman–Crippen MR) is 154 cm³/mol. The number of hydrogen-bond donors (Lipinski definition) is 0. The monoisotopic (exact) mass is 581 g/mol. The van der Waals surface area contributed by atoms with Gasteiger partial charge in [-0.15, -0.1) is 12.4 Å². The average Bonchev–Trinajstić information content (AvgIpc) is 3.18. The van der Waals surface area contributed by atoms with Crippen molar-refractivity contribution in [3.63, 3.8) is 0 Å². The average molecular weight is 582 g/mol. The number of ketones is 1. The third-order valence-electron chi connectivity index (χ3n) is 7.92. The molecule has 11 nitrogen and oxygen atoms in total. The summed E-state index contributed by atoms with van der Waals surface area (Å²) in [4.78, 5) is 55.6. The van der Waals surface area contributed by atoms with Crippen LogP contribution in [0.25, 0.3) is 5.69 Å². The molecule has 0 radical (unpaired) electrons. The van der Waals surface area contributed by atoms with Crippen molar-refractivity contribution in [3.05, 3.63) is 86.2 Å². The second kappa shape index (κ2) is 10.4. The van der Waals surface area contributed by atoms with Gasteiger partial charge in [0.1, 0.15) is 23.1 Å². The van der Waals surface area contributed by atoms with Crippen molar-refractivity contribution in [3.8, 4) is 17.2 Å². The van der Waals surface area contributed by atoms with Crippen molar-refractivity contribution < 1.29 is 19.1 Å². The molecule has 3 aromatic rings. The number of amides is 1. The first-order chi connectivity index (χ1) is 19.0. The summed E-state index contributed by atoms with van der Waals surface area (Å²) in [5, 5.41) is 0. The normalized spacial score (nSPS) is 19.1. The standard InChI is InChI=1S/C29H31N5O6.ClH/c1-18(35)19-5-7-20(8-6-19)33-26(36)32-12-11-23-25(34(32)27(33)37)22-10-9-21(17-24(22)40-29(23,2)3)39-28(38)31-15-13-30(4)14-16-31;/h5-11,17,25H,12-16H2,1-4H3;1H. The van der Waals surface area contributed by atoms with Crippen LogP contribution >= 0.6 is 12.4 Å². The minimum atomic E-state index is -0.788. The first-order valence-electron chi connectivity index (χ1n) is 13.3. The van der Waals surface area contributed by atoms with E-state index in [4.69, 9.17) is 9.47 Å². The molecular weight excluding hydrogens is 550 g/mol. The van der Waals surface area contributed by atoms with Gasteiger partial charge in [-0.1, -0.05) is 6.08 Å². The summed E-state index contributed by atoms with van der Waals surface area (Å²) in [6.07, 6.45) is 1.51. The largest absolute Gasteiger partial charge is 0.483 e. The van der Waals surface area contributed by atoms with Gasteiger partial charge in [-0.2, -0.15) is 0 Å². The Morgan fingerprint density at radius 1 is 0.976 bits per heavy atom. The molecule has 6 rings (SSSR count). The van der Waals surface area contributed by atoms with E-state index in [1.54, 1.807) is 47.4 Å². The Balaban J connectivity index is 0.00000337. The number of ether oxygens (including phenoxy) is 2. The van der Waals surface area contributed by atoms with Gasteiger partial charge in [0.25, 0.3) is 0 Å². The molecule has 3 aliphatic heterocycles. The van der Waals surface area contributed by atoms with E-state index in [0.717, 1.165) is 23.2 Å². The van der Waals surface area contributed by atoms with Gasteiger partial charge in [-0.25, -0.2) is 28.3 Å². The first-order valence-corrected chi connectivity index (χ1v) is 13.3. The van der Waals surface area contributed by atoms with Crippen molar-refractivity contribution in [2.45, 2.75) is 39.0 Å². The maximum absolute atomic E-state index is 13.8. The molecule has 0 aliphatic carbocycles. The highest BCUT2D eigenvalue weighted by molar-refractivity contribution is 5.94. The number of nitrogens with zero attached hydrogens (tertiary/aromatic N) is 5. The molecule has 1 fully saturated rings. The number of fused-ring (bicyclic) bond motifs is 5. The van der Waals surface area contributed by atoms with Gasteiger partial charge in [0, 0.05) is 43.4 Å². The van der Waals surface area contributed by atoms with Crippen LogP contribution < -0.4 is 20.9 Å². The Hall–Kier alpha value is -4.09. The summed E-state index contributed by atoms with van der Waals surface area (Å²) in [5.41, 5.74) is 0.662. The van der Waals surface area contributed by atoms with E-state index in [9.17, 15) is 19.2 Å². The lowest BCUT2D eigenvalue weighted by Gasteiger charge is -2.42. The van der Waals surface area contributed by atoms with Gasteiger partial charge in [-0.3, -0.25) is 4.79 Å². The van der Waals surface area contributed by atoms with Gasteiger partial charge in [0.2, 0.25) is 0 Å². The lowest BCUT2D eigenvalue weighted by Crippen LogP contribution is -2.48. The van der Waals surface area contributed by atoms with Crippen LogP contribution in [0.3, 0.4) is 0 Å². The molecule has 1 saturated heterocycles. The third-order valence-corrected chi connectivity index (χ3v) is 7.92. The fraction of sp³-hybridized carbons (Fsp3) is 0.379. The summed E-state index contributed by atoms with van der Waals surface area (Å²) in [6.45, 7) is 8.24.